The van der Waals surface area contributed by atoms with Gasteiger partial charge in [-0.25, -0.2) is 13.1 Å². The predicted octanol–water partition coefficient (Wildman–Crippen LogP) is 2.64. The van der Waals surface area contributed by atoms with Crippen molar-refractivity contribution in [2.45, 2.75) is 38.0 Å². The molecule has 1 rings (SSSR count). The number of carbonyl (C=O) groups excluding carboxylic acids is 1. The Morgan fingerprint density at radius 1 is 1.32 bits per heavy atom. The molecule has 1 aromatic carbocycles. The van der Waals surface area contributed by atoms with Crippen LogP contribution >= 0.6 is 22.6 Å². The number of unbranched alkanes of at least 4 members (excludes halogenated alkanes) is 1. The number of alkyl halides is 1. The lowest BCUT2D eigenvalue weighted by molar-refractivity contribution is -0.145. The highest BCUT2D eigenvalue weighted by atomic mass is 127. The van der Waals surface area contributed by atoms with E-state index in [9.17, 15) is 13.2 Å². The number of halogens is 1. The fraction of sp³-hybridized carbons (Fsp3) is 0.533. The molecule has 0 bridgehead atoms. The quantitative estimate of drug-likeness (QED) is 0.263. The van der Waals surface area contributed by atoms with Crippen LogP contribution in [0, 0.1) is 0 Å². The van der Waals surface area contributed by atoms with E-state index in [2.05, 4.69) is 27.3 Å². The minimum absolute atomic E-state index is 0.145. The Hall–Kier alpha value is -0.670. The number of rotatable bonds is 10. The van der Waals surface area contributed by atoms with Gasteiger partial charge in [-0.2, -0.15) is 0 Å². The lowest BCUT2D eigenvalue weighted by atomic mass is 10.2. The van der Waals surface area contributed by atoms with Crippen LogP contribution in [-0.4, -0.2) is 31.5 Å². The Morgan fingerprint density at radius 3 is 2.59 bits per heavy atom. The maximum absolute atomic E-state index is 12.2. The van der Waals surface area contributed by atoms with Gasteiger partial charge in [0.05, 0.1) is 12.4 Å². The first-order valence-electron chi connectivity index (χ1n) is 7.25. The van der Waals surface area contributed by atoms with Gasteiger partial charge in [-0.15, -0.1) is 0 Å². The Balaban J connectivity index is 2.66. The summed E-state index contributed by atoms with van der Waals surface area (Å²) in [6.07, 6.45) is 2.11. The third-order valence-corrected chi connectivity index (χ3v) is 4.93. The molecule has 0 aliphatic heterocycles. The zero-order valence-corrected chi connectivity index (χ0v) is 15.6. The molecule has 0 aromatic heterocycles. The van der Waals surface area contributed by atoms with Crippen LogP contribution in [0.2, 0.25) is 0 Å². The molecule has 0 fully saturated rings. The predicted molar refractivity (Wildman–Crippen MR) is 95.4 cm³/mol. The van der Waals surface area contributed by atoms with Gasteiger partial charge in [-0.05, 0) is 18.4 Å². The van der Waals surface area contributed by atoms with Gasteiger partial charge in [0.25, 0.3) is 0 Å². The molecule has 1 atom stereocenters. The summed E-state index contributed by atoms with van der Waals surface area (Å²) in [6.45, 7) is 2.33. The van der Waals surface area contributed by atoms with Crippen molar-refractivity contribution in [3.63, 3.8) is 0 Å². The van der Waals surface area contributed by atoms with Gasteiger partial charge in [0.15, 0.2) is 0 Å². The summed E-state index contributed by atoms with van der Waals surface area (Å²) < 4.78 is 32.6. The first-order chi connectivity index (χ1) is 10.5. The highest BCUT2D eigenvalue weighted by Gasteiger charge is 2.25. The summed E-state index contributed by atoms with van der Waals surface area (Å²) >= 11 is 2.11. The van der Waals surface area contributed by atoms with Crippen LogP contribution in [0.25, 0.3) is 0 Å². The van der Waals surface area contributed by atoms with Crippen molar-refractivity contribution in [1.82, 2.24) is 4.72 Å². The lowest BCUT2D eigenvalue weighted by Gasteiger charge is -2.17. The average molecular weight is 439 g/mol. The number of sulfonamides is 1. The van der Waals surface area contributed by atoms with Gasteiger partial charge in [-0.3, -0.25) is 4.79 Å². The number of hydrogen-bond donors (Lipinski definition) is 1. The summed E-state index contributed by atoms with van der Waals surface area (Å²) in [6, 6.07) is 8.06. The van der Waals surface area contributed by atoms with Crippen molar-refractivity contribution < 1.29 is 17.9 Å². The Morgan fingerprint density at radius 2 is 2.00 bits per heavy atom. The average Bonchev–Trinajstić information content (AvgIpc) is 2.47. The molecule has 0 radical (unpaired) electrons. The van der Waals surface area contributed by atoms with E-state index in [1.165, 1.54) is 0 Å². The zero-order chi connectivity index (χ0) is 16.4. The van der Waals surface area contributed by atoms with E-state index in [0.717, 1.165) is 12.8 Å². The standard InChI is InChI=1S/C15H22INO4S/c1-2-3-11-21-15(18)14(9-10-16)17-22(19,20)12-13-7-5-4-6-8-13/h4-8,14,17H,2-3,9-12H2,1H3/t14-/m0/s1. The molecular formula is C15H22INO4S. The highest BCUT2D eigenvalue weighted by molar-refractivity contribution is 14.1. The van der Waals surface area contributed by atoms with Gasteiger partial charge >= 0.3 is 5.97 Å². The van der Waals surface area contributed by atoms with E-state index in [-0.39, 0.29) is 5.75 Å². The van der Waals surface area contributed by atoms with Crippen LogP contribution in [0.4, 0.5) is 0 Å². The normalized spacial score (nSPS) is 12.8. The van der Waals surface area contributed by atoms with Crippen molar-refractivity contribution in [1.29, 1.82) is 0 Å². The summed E-state index contributed by atoms with van der Waals surface area (Å²) in [7, 11) is -3.59. The van der Waals surface area contributed by atoms with Gasteiger partial charge in [-0.1, -0.05) is 66.3 Å². The van der Waals surface area contributed by atoms with Gasteiger partial charge in [0.2, 0.25) is 10.0 Å². The van der Waals surface area contributed by atoms with E-state index in [1.54, 1.807) is 24.3 Å². The highest BCUT2D eigenvalue weighted by Crippen LogP contribution is 2.08. The molecule has 0 aliphatic rings. The number of carbonyl (C=O) groups is 1. The topological polar surface area (TPSA) is 72.5 Å². The lowest BCUT2D eigenvalue weighted by Crippen LogP contribution is -2.42. The van der Waals surface area contributed by atoms with Crippen LogP contribution in [0.5, 0.6) is 0 Å². The maximum atomic E-state index is 12.2. The Kier molecular flexibility index (Phi) is 8.96. The fourth-order valence-electron chi connectivity index (χ4n) is 1.80. The molecule has 0 heterocycles. The molecule has 0 aliphatic carbocycles. The molecule has 124 valence electrons. The fourth-order valence-corrected chi connectivity index (χ4v) is 3.79. The van der Waals surface area contributed by atoms with Gasteiger partial charge in [0.1, 0.15) is 6.04 Å². The minimum atomic E-state index is -3.59. The number of nitrogens with one attached hydrogen (secondary N) is 1. The van der Waals surface area contributed by atoms with Crippen LogP contribution in [0.15, 0.2) is 30.3 Å². The summed E-state index contributed by atoms with van der Waals surface area (Å²) in [5, 5.41) is 0. The molecule has 0 spiro atoms. The molecule has 1 aromatic rings. The molecule has 0 amide bonds. The van der Waals surface area contributed by atoms with Crippen molar-refractivity contribution in [2.75, 3.05) is 11.0 Å². The number of hydrogen-bond acceptors (Lipinski definition) is 4. The van der Waals surface area contributed by atoms with Crippen LogP contribution in [0.1, 0.15) is 31.7 Å². The monoisotopic (exact) mass is 439 g/mol. The molecule has 0 saturated carbocycles. The number of esters is 1. The van der Waals surface area contributed by atoms with Crippen molar-refractivity contribution >= 4 is 38.6 Å². The number of ether oxygens (including phenoxy) is 1. The van der Waals surface area contributed by atoms with Crippen molar-refractivity contribution in [3.05, 3.63) is 35.9 Å². The third-order valence-electron chi connectivity index (χ3n) is 2.95. The van der Waals surface area contributed by atoms with Crippen molar-refractivity contribution in [3.8, 4) is 0 Å². The van der Waals surface area contributed by atoms with Gasteiger partial charge < -0.3 is 4.74 Å². The van der Waals surface area contributed by atoms with Crippen LogP contribution < -0.4 is 4.72 Å². The molecule has 1 N–H and O–H groups in total. The Bertz CT molecular complexity index is 548. The summed E-state index contributed by atoms with van der Waals surface area (Å²) in [5.41, 5.74) is 0.683. The van der Waals surface area contributed by atoms with Crippen LogP contribution in [0.3, 0.4) is 0 Å². The smallest absolute Gasteiger partial charge is 0.324 e. The van der Waals surface area contributed by atoms with Gasteiger partial charge in [0, 0.05) is 4.43 Å². The van der Waals surface area contributed by atoms with E-state index < -0.39 is 22.0 Å². The Labute approximate surface area is 146 Å². The molecular weight excluding hydrogens is 417 g/mol. The van der Waals surface area contributed by atoms with E-state index >= 15 is 0 Å². The summed E-state index contributed by atoms with van der Waals surface area (Å²) in [5.74, 6) is -0.643. The first-order valence-corrected chi connectivity index (χ1v) is 10.4. The molecule has 0 unspecified atom stereocenters. The molecule has 22 heavy (non-hydrogen) atoms. The van der Waals surface area contributed by atoms with Crippen molar-refractivity contribution in [2.24, 2.45) is 0 Å². The second-order valence-electron chi connectivity index (χ2n) is 4.91. The van der Waals surface area contributed by atoms with E-state index in [1.807, 2.05) is 13.0 Å². The molecule has 5 nitrogen and oxygen atoms in total. The van der Waals surface area contributed by atoms with Crippen LogP contribution in [-0.2, 0) is 25.3 Å². The maximum Gasteiger partial charge on any atom is 0.324 e. The molecule has 7 heteroatoms. The summed E-state index contributed by atoms with van der Waals surface area (Å²) in [4.78, 5) is 12.0. The molecule has 0 saturated heterocycles. The first kappa shape index (κ1) is 19.4. The third kappa shape index (κ3) is 7.55. The second-order valence-corrected chi connectivity index (χ2v) is 7.75. The number of benzene rings is 1. The minimum Gasteiger partial charge on any atom is -0.465 e. The second kappa shape index (κ2) is 10.2. The van der Waals surface area contributed by atoms with E-state index in [4.69, 9.17) is 4.74 Å². The SMILES string of the molecule is CCCCOC(=O)[C@H](CCI)NS(=O)(=O)Cc1ccccc1. The largest absolute Gasteiger partial charge is 0.465 e. The van der Waals surface area contributed by atoms with E-state index in [0.29, 0.717) is 23.0 Å². The zero-order valence-electron chi connectivity index (χ0n) is 12.6.